The molecule has 0 bridgehead atoms. The zero-order valence-corrected chi connectivity index (χ0v) is 12.2. The molecule has 122 valence electrons. The van der Waals surface area contributed by atoms with Crippen LogP contribution in [0.25, 0.3) is 5.69 Å². The molecule has 1 aromatic heterocycles. The number of hydrogen-bond donors (Lipinski definition) is 1. The summed E-state index contributed by atoms with van der Waals surface area (Å²) in [6.07, 6.45) is -4.48. The Kier molecular flexibility index (Phi) is 3.63. The Bertz CT molecular complexity index is 731. The number of amides is 1. The van der Waals surface area contributed by atoms with Crippen LogP contribution in [0.5, 0.6) is 0 Å². The van der Waals surface area contributed by atoms with Gasteiger partial charge in [-0.3, -0.25) is 4.79 Å². The number of aliphatic hydroxyl groups is 1. The number of aromatic nitrogens is 2. The fourth-order valence-corrected chi connectivity index (χ4v) is 2.45. The summed E-state index contributed by atoms with van der Waals surface area (Å²) in [5, 5.41) is 13.0. The van der Waals surface area contributed by atoms with Crippen molar-refractivity contribution in [2.75, 3.05) is 13.1 Å². The van der Waals surface area contributed by atoms with E-state index in [1.165, 1.54) is 12.1 Å². The van der Waals surface area contributed by atoms with E-state index in [0.29, 0.717) is 0 Å². The second kappa shape index (κ2) is 5.38. The third-order valence-electron chi connectivity index (χ3n) is 3.70. The fourth-order valence-electron chi connectivity index (χ4n) is 2.45. The smallest absolute Gasteiger partial charge is 0.389 e. The van der Waals surface area contributed by atoms with Crippen LogP contribution in [-0.4, -0.2) is 44.9 Å². The molecule has 0 atom stereocenters. The predicted molar refractivity (Wildman–Crippen MR) is 75.2 cm³/mol. The van der Waals surface area contributed by atoms with E-state index < -0.39 is 29.4 Å². The molecule has 0 unspecified atom stereocenters. The minimum absolute atomic E-state index is 0.0336. The fraction of sp³-hybridized carbons (Fsp3) is 0.333. The Morgan fingerprint density at radius 1 is 1.26 bits per heavy atom. The molecule has 2 aromatic rings. The van der Waals surface area contributed by atoms with Crippen molar-refractivity contribution in [3.05, 3.63) is 47.3 Å². The van der Waals surface area contributed by atoms with Gasteiger partial charge >= 0.3 is 6.18 Å². The number of likely N-dealkylation sites (tertiary alicyclic amines) is 1. The average Bonchev–Trinajstić information content (AvgIpc) is 2.89. The van der Waals surface area contributed by atoms with Crippen LogP contribution in [0, 0.1) is 6.92 Å². The second-order valence-corrected chi connectivity index (χ2v) is 5.52. The van der Waals surface area contributed by atoms with Gasteiger partial charge in [0.1, 0.15) is 0 Å². The molecule has 1 aliphatic rings. The van der Waals surface area contributed by atoms with E-state index >= 15 is 0 Å². The molecule has 0 spiro atoms. The molecule has 3 rings (SSSR count). The van der Waals surface area contributed by atoms with Gasteiger partial charge in [0.15, 0.2) is 5.69 Å². The van der Waals surface area contributed by atoms with Crippen molar-refractivity contribution in [2.45, 2.75) is 19.2 Å². The van der Waals surface area contributed by atoms with Crippen LogP contribution in [0.15, 0.2) is 30.5 Å². The molecule has 0 radical (unpaired) electrons. The number of carbonyl (C=O) groups is 1. The first-order chi connectivity index (χ1) is 10.8. The number of halogens is 3. The number of β-amino-alcohol motifs (C(OH)–C–C–N with tert-alkyl or cyclic N) is 1. The lowest BCUT2D eigenvalue weighted by Gasteiger charge is -2.35. The normalized spacial score (nSPS) is 15.6. The van der Waals surface area contributed by atoms with Gasteiger partial charge in [-0.15, -0.1) is 0 Å². The lowest BCUT2D eigenvalue weighted by Crippen LogP contribution is -2.53. The maximum atomic E-state index is 13.4. The van der Waals surface area contributed by atoms with E-state index in [1.54, 1.807) is 12.1 Å². The Hall–Kier alpha value is -2.35. The third-order valence-corrected chi connectivity index (χ3v) is 3.70. The van der Waals surface area contributed by atoms with Gasteiger partial charge in [0.2, 0.25) is 0 Å². The van der Waals surface area contributed by atoms with Gasteiger partial charge in [-0.25, -0.2) is 4.68 Å². The van der Waals surface area contributed by atoms with Crippen LogP contribution in [-0.2, 0) is 6.18 Å². The summed E-state index contributed by atoms with van der Waals surface area (Å²) in [5.74, 6) is -0.777. The first-order valence-corrected chi connectivity index (χ1v) is 6.97. The third kappa shape index (κ3) is 2.81. The van der Waals surface area contributed by atoms with Gasteiger partial charge in [-0.2, -0.15) is 18.3 Å². The number of aliphatic hydroxyl groups excluding tert-OH is 1. The van der Waals surface area contributed by atoms with E-state index in [9.17, 15) is 23.1 Å². The largest absolute Gasteiger partial charge is 0.434 e. The Morgan fingerprint density at radius 2 is 1.87 bits per heavy atom. The Balaban J connectivity index is 2.04. The highest BCUT2D eigenvalue weighted by Crippen LogP contribution is 2.34. The van der Waals surface area contributed by atoms with Crippen molar-refractivity contribution in [3.8, 4) is 5.69 Å². The molecule has 0 aliphatic carbocycles. The van der Waals surface area contributed by atoms with Crippen molar-refractivity contribution in [3.63, 3.8) is 0 Å². The van der Waals surface area contributed by atoms with Gasteiger partial charge in [0.05, 0.1) is 23.6 Å². The van der Waals surface area contributed by atoms with E-state index in [2.05, 4.69) is 5.10 Å². The first kappa shape index (κ1) is 15.5. The molecular weight excluding hydrogens is 311 g/mol. The molecule has 8 heteroatoms. The minimum atomic E-state index is -4.73. The summed E-state index contributed by atoms with van der Waals surface area (Å²) in [6.45, 7) is 1.89. The molecule has 1 N–H and O–H groups in total. The molecule has 1 aliphatic heterocycles. The number of benzene rings is 1. The Labute approximate surface area is 129 Å². The zero-order valence-electron chi connectivity index (χ0n) is 12.2. The molecule has 2 heterocycles. The topological polar surface area (TPSA) is 58.4 Å². The quantitative estimate of drug-likeness (QED) is 0.919. The molecule has 1 aromatic carbocycles. The van der Waals surface area contributed by atoms with Gasteiger partial charge in [-0.1, -0.05) is 17.7 Å². The van der Waals surface area contributed by atoms with Crippen LogP contribution in [0.1, 0.15) is 21.6 Å². The summed E-state index contributed by atoms with van der Waals surface area (Å²) in [4.78, 5) is 13.4. The highest BCUT2D eigenvalue weighted by atomic mass is 19.4. The molecule has 5 nitrogen and oxygen atoms in total. The number of rotatable bonds is 2. The summed E-state index contributed by atoms with van der Waals surface area (Å²) in [7, 11) is 0. The average molecular weight is 325 g/mol. The summed E-state index contributed by atoms with van der Waals surface area (Å²) in [5.41, 5.74) is -0.483. The first-order valence-electron chi connectivity index (χ1n) is 6.97. The van der Waals surface area contributed by atoms with E-state index in [0.717, 1.165) is 21.3 Å². The van der Waals surface area contributed by atoms with Crippen LogP contribution >= 0.6 is 0 Å². The van der Waals surface area contributed by atoms with Crippen LogP contribution in [0.2, 0.25) is 0 Å². The molecule has 1 fully saturated rings. The molecule has 23 heavy (non-hydrogen) atoms. The highest BCUT2D eigenvalue weighted by Gasteiger charge is 2.42. The number of aryl methyl sites for hydroxylation is 1. The van der Waals surface area contributed by atoms with Gasteiger partial charge in [0, 0.05) is 13.1 Å². The lowest BCUT2D eigenvalue weighted by atomic mass is 10.1. The van der Waals surface area contributed by atoms with E-state index in [-0.39, 0.29) is 18.8 Å². The van der Waals surface area contributed by atoms with Crippen molar-refractivity contribution in [2.24, 2.45) is 0 Å². The van der Waals surface area contributed by atoms with Crippen LogP contribution in [0.3, 0.4) is 0 Å². The molecule has 0 saturated carbocycles. The predicted octanol–water partition coefficient (Wildman–Crippen LogP) is 2.02. The highest BCUT2D eigenvalue weighted by molar-refractivity contribution is 5.96. The lowest BCUT2D eigenvalue weighted by molar-refractivity contribution is -0.143. The van der Waals surface area contributed by atoms with Crippen LogP contribution in [0.4, 0.5) is 13.2 Å². The maximum Gasteiger partial charge on any atom is 0.434 e. The van der Waals surface area contributed by atoms with Gasteiger partial charge < -0.3 is 10.0 Å². The molecule has 1 saturated heterocycles. The van der Waals surface area contributed by atoms with Crippen molar-refractivity contribution < 1.29 is 23.1 Å². The van der Waals surface area contributed by atoms with Crippen molar-refractivity contribution in [1.82, 2.24) is 14.7 Å². The minimum Gasteiger partial charge on any atom is -0.389 e. The van der Waals surface area contributed by atoms with E-state index in [1.807, 2.05) is 6.92 Å². The molecule has 1 amide bonds. The van der Waals surface area contributed by atoms with Crippen molar-refractivity contribution >= 4 is 5.91 Å². The Morgan fingerprint density at radius 3 is 2.39 bits per heavy atom. The monoisotopic (exact) mass is 325 g/mol. The van der Waals surface area contributed by atoms with E-state index in [4.69, 9.17) is 0 Å². The summed E-state index contributed by atoms with van der Waals surface area (Å²) in [6, 6.07) is 6.37. The maximum absolute atomic E-state index is 13.4. The number of nitrogens with zero attached hydrogens (tertiary/aromatic N) is 3. The number of hydrogen-bond acceptors (Lipinski definition) is 3. The van der Waals surface area contributed by atoms with Crippen molar-refractivity contribution in [1.29, 1.82) is 0 Å². The number of carbonyl (C=O) groups excluding carboxylic acids is 1. The summed E-state index contributed by atoms with van der Waals surface area (Å²) < 4.78 is 41.1. The molecular formula is C15H14F3N3O2. The van der Waals surface area contributed by atoms with Crippen LogP contribution < -0.4 is 0 Å². The standard InChI is InChI=1S/C15H14F3N3O2/c1-9-2-4-10(5-3-9)21-13(15(16,17)18)12(6-19-21)14(23)20-7-11(22)8-20/h2-6,11,22H,7-8H2,1H3. The SMILES string of the molecule is Cc1ccc(-n2ncc(C(=O)N3CC(O)C3)c2C(F)(F)F)cc1. The zero-order chi connectivity index (χ0) is 16.8. The van der Waals surface area contributed by atoms with Gasteiger partial charge in [-0.05, 0) is 19.1 Å². The second-order valence-electron chi connectivity index (χ2n) is 5.52. The summed E-state index contributed by atoms with van der Waals surface area (Å²) >= 11 is 0. The number of alkyl halides is 3. The van der Waals surface area contributed by atoms with Gasteiger partial charge in [0.25, 0.3) is 5.91 Å².